The van der Waals surface area contributed by atoms with Gasteiger partial charge in [-0.3, -0.25) is 9.69 Å². The first-order chi connectivity index (χ1) is 9.60. The first-order valence-corrected chi connectivity index (χ1v) is 7.38. The van der Waals surface area contributed by atoms with Crippen LogP contribution in [0.4, 0.5) is 0 Å². The molecule has 1 aromatic heterocycles. The van der Waals surface area contributed by atoms with Gasteiger partial charge in [-0.05, 0) is 39.3 Å². The van der Waals surface area contributed by atoms with Gasteiger partial charge in [-0.25, -0.2) is 9.97 Å². The summed E-state index contributed by atoms with van der Waals surface area (Å²) < 4.78 is 5.15. The van der Waals surface area contributed by atoms with E-state index in [0.29, 0.717) is 24.1 Å². The van der Waals surface area contributed by atoms with Crippen LogP contribution in [0.2, 0.25) is 5.15 Å². The van der Waals surface area contributed by atoms with Crippen molar-refractivity contribution in [3.05, 3.63) is 22.7 Å². The first kappa shape index (κ1) is 15.2. The quantitative estimate of drug-likeness (QED) is 0.631. The molecule has 6 heteroatoms. The molecule has 1 fully saturated rings. The van der Waals surface area contributed by atoms with Crippen LogP contribution in [0.5, 0.6) is 0 Å². The zero-order valence-corrected chi connectivity index (χ0v) is 12.7. The summed E-state index contributed by atoms with van der Waals surface area (Å²) in [6, 6.07) is 1.54. The topological polar surface area (TPSA) is 55.3 Å². The maximum absolute atomic E-state index is 12.0. The third kappa shape index (κ3) is 3.90. The van der Waals surface area contributed by atoms with Gasteiger partial charge in [0, 0.05) is 5.69 Å². The van der Waals surface area contributed by atoms with Gasteiger partial charge in [0.15, 0.2) is 0 Å². The molecule has 110 valence electrons. The minimum Gasteiger partial charge on any atom is -0.465 e. The maximum Gasteiger partial charge on any atom is 0.323 e. The highest BCUT2D eigenvalue weighted by Gasteiger charge is 2.30. The van der Waals surface area contributed by atoms with Gasteiger partial charge < -0.3 is 4.74 Å². The molecule has 0 radical (unpaired) electrons. The predicted molar refractivity (Wildman–Crippen MR) is 76.5 cm³/mol. The molecule has 0 N–H and O–H groups in total. The van der Waals surface area contributed by atoms with Gasteiger partial charge in [-0.2, -0.15) is 0 Å². The van der Waals surface area contributed by atoms with E-state index in [1.165, 1.54) is 0 Å². The Balaban J connectivity index is 2.10. The zero-order chi connectivity index (χ0) is 14.5. The van der Waals surface area contributed by atoms with Gasteiger partial charge in [0.05, 0.1) is 13.2 Å². The number of aryl methyl sites for hydroxylation is 1. The molecule has 5 nitrogen and oxygen atoms in total. The highest BCUT2D eigenvalue weighted by atomic mass is 35.5. The third-order valence-electron chi connectivity index (χ3n) is 3.39. The van der Waals surface area contributed by atoms with Gasteiger partial charge >= 0.3 is 5.97 Å². The van der Waals surface area contributed by atoms with Crippen molar-refractivity contribution >= 4 is 17.6 Å². The van der Waals surface area contributed by atoms with E-state index in [-0.39, 0.29) is 12.0 Å². The van der Waals surface area contributed by atoms with Crippen LogP contribution in [-0.2, 0) is 16.1 Å². The van der Waals surface area contributed by atoms with Crippen LogP contribution in [0.25, 0.3) is 0 Å². The predicted octanol–water partition coefficient (Wildman–Crippen LogP) is 2.36. The van der Waals surface area contributed by atoms with Gasteiger partial charge in [0.2, 0.25) is 0 Å². The van der Waals surface area contributed by atoms with E-state index in [1.807, 2.05) is 13.8 Å². The lowest BCUT2D eigenvalue weighted by molar-refractivity contribution is -0.151. The second kappa shape index (κ2) is 6.99. The molecule has 20 heavy (non-hydrogen) atoms. The van der Waals surface area contributed by atoms with Crippen LogP contribution < -0.4 is 0 Å². The highest BCUT2D eigenvalue weighted by molar-refractivity contribution is 6.29. The van der Waals surface area contributed by atoms with E-state index in [2.05, 4.69) is 14.9 Å². The molecule has 0 amide bonds. The number of ether oxygens (including phenoxy) is 1. The second-order valence-corrected chi connectivity index (χ2v) is 5.37. The van der Waals surface area contributed by atoms with Gasteiger partial charge in [-0.15, -0.1) is 0 Å². The van der Waals surface area contributed by atoms with Crippen molar-refractivity contribution in [1.29, 1.82) is 0 Å². The first-order valence-electron chi connectivity index (χ1n) is 7.01. The second-order valence-electron chi connectivity index (χ2n) is 4.98. The van der Waals surface area contributed by atoms with Crippen LogP contribution in [-0.4, -0.2) is 40.0 Å². The average molecular weight is 298 g/mol. The summed E-state index contributed by atoms with van der Waals surface area (Å²) in [5, 5.41) is 0.442. The van der Waals surface area contributed by atoms with E-state index in [9.17, 15) is 4.79 Å². The number of hydrogen-bond donors (Lipinski definition) is 0. The zero-order valence-electron chi connectivity index (χ0n) is 11.9. The van der Waals surface area contributed by atoms with Crippen LogP contribution in [0.1, 0.15) is 37.7 Å². The van der Waals surface area contributed by atoms with Crippen molar-refractivity contribution in [2.24, 2.45) is 0 Å². The number of esters is 1. The van der Waals surface area contributed by atoms with Crippen LogP contribution >= 0.6 is 11.6 Å². The van der Waals surface area contributed by atoms with Crippen molar-refractivity contribution < 1.29 is 9.53 Å². The number of piperidine rings is 1. The summed E-state index contributed by atoms with van der Waals surface area (Å²) in [5.74, 6) is 0.511. The maximum atomic E-state index is 12.0. The van der Waals surface area contributed by atoms with Crippen LogP contribution in [0.3, 0.4) is 0 Å². The average Bonchev–Trinajstić information content (AvgIpc) is 2.38. The Bertz CT molecular complexity index is 461. The van der Waals surface area contributed by atoms with Crippen LogP contribution in [0.15, 0.2) is 6.07 Å². The molecule has 0 aromatic carbocycles. The molecule has 1 aromatic rings. The molecular formula is C14H20ClN3O2. The summed E-state index contributed by atoms with van der Waals surface area (Å²) in [6.45, 7) is 5.52. The molecule has 1 unspecified atom stereocenters. The lowest BCUT2D eigenvalue weighted by Gasteiger charge is -2.33. The van der Waals surface area contributed by atoms with Gasteiger partial charge in [0.25, 0.3) is 0 Å². The van der Waals surface area contributed by atoms with E-state index in [0.717, 1.165) is 31.5 Å². The summed E-state index contributed by atoms with van der Waals surface area (Å²) in [5.41, 5.74) is 0.838. The van der Waals surface area contributed by atoms with E-state index >= 15 is 0 Å². The van der Waals surface area contributed by atoms with E-state index < -0.39 is 0 Å². The van der Waals surface area contributed by atoms with E-state index in [1.54, 1.807) is 6.07 Å². The van der Waals surface area contributed by atoms with Crippen molar-refractivity contribution in [2.45, 2.75) is 45.7 Å². The highest BCUT2D eigenvalue weighted by Crippen LogP contribution is 2.20. The number of aromatic nitrogens is 2. The molecule has 1 aliphatic heterocycles. The Morgan fingerprint density at radius 1 is 1.50 bits per heavy atom. The Kier molecular flexibility index (Phi) is 5.31. The molecule has 0 saturated carbocycles. The van der Waals surface area contributed by atoms with Gasteiger partial charge in [0.1, 0.15) is 17.0 Å². The summed E-state index contributed by atoms with van der Waals surface area (Å²) in [6.07, 6.45) is 2.96. The van der Waals surface area contributed by atoms with E-state index in [4.69, 9.17) is 16.3 Å². The normalized spacial score (nSPS) is 19.9. The molecule has 0 bridgehead atoms. The SMILES string of the molecule is CCOC(=O)C1CCCCN1Cc1nc(C)cc(Cl)n1. The largest absolute Gasteiger partial charge is 0.465 e. The van der Waals surface area contributed by atoms with Crippen molar-refractivity contribution in [3.63, 3.8) is 0 Å². The molecule has 1 atom stereocenters. The number of halogens is 1. The minimum atomic E-state index is -0.188. The number of likely N-dealkylation sites (tertiary alicyclic amines) is 1. The molecule has 1 aliphatic rings. The Labute approximate surface area is 124 Å². The number of nitrogens with zero attached hydrogens (tertiary/aromatic N) is 3. The number of carbonyl (C=O) groups is 1. The molecule has 2 heterocycles. The number of hydrogen-bond acceptors (Lipinski definition) is 5. The number of rotatable bonds is 4. The molecule has 1 saturated heterocycles. The van der Waals surface area contributed by atoms with Crippen LogP contribution in [0, 0.1) is 6.92 Å². The Morgan fingerprint density at radius 2 is 2.30 bits per heavy atom. The smallest absolute Gasteiger partial charge is 0.323 e. The third-order valence-corrected chi connectivity index (χ3v) is 3.58. The Morgan fingerprint density at radius 3 is 3.00 bits per heavy atom. The Hall–Kier alpha value is -1.20. The molecule has 0 spiro atoms. The number of carbonyl (C=O) groups excluding carboxylic acids is 1. The van der Waals surface area contributed by atoms with Gasteiger partial charge in [-0.1, -0.05) is 18.0 Å². The molecule has 2 rings (SSSR count). The molecular weight excluding hydrogens is 278 g/mol. The standard InChI is InChI=1S/C14H20ClN3O2/c1-3-20-14(19)11-6-4-5-7-18(11)9-13-16-10(2)8-12(15)17-13/h8,11H,3-7,9H2,1-2H3. The fourth-order valence-corrected chi connectivity index (χ4v) is 2.78. The fourth-order valence-electron chi connectivity index (χ4n) is 2.53. The van der Waals surface area contributed by atoms with Crippen molar-refractivity contribution in [3.8, 4) is 0 Å². The monoisotopic (exact) mass is 297 g/mol. The lowest BCUT2D eigenvalue weighted by Crippen LogP contribution is -2.45. The fraction of sp³-hybridized carbons (Fsp3) is 0.643. The summed E-state index contributed by atoms with van der Waals surface area (Å²) >= 11 is 5.96. The lowest BCUT2D eigenvalue weighted by atomic mass is 10.0. The molecule has 0 aliphatic carbocycles. The minimum absolute atomic E-state index is 0.147. The summed E-state index contributed by atoms with van der Waals surface area (Å²) in [7, 11) is 0. The van der Waals surface area contributed by atoms with Crippen molar-refractivity contribution in [1.82, 2.24) is 14.9 Å². The summed E-state index contributed by atoms with van der Waals surface area (Å²) in [4.78, 5) is 22.7. The van der Waals surface area contributed by atoms with Crippen molar-refractivity contribution in [2.75, 3.05) is 13.2 Å².